The summed E-state index contributed by atoms with van der Waals surface area (Å²) in [6, 6.07) is 9.05. The van der Waals surface area contributed by atoms with E-state index in [0.29, 0.717) is 85.3 Å². The molecule has 0 radical (unpaired) electrons. The second-order valence-corrected chi connectivity index (χ2v) is 33.7. The number of fused-ring (bicyclic) bond motifs is 4. The third kappa shape index (κ3) is 31.1. The molecule has 0 bridgehead atoms. The normalized spacial score (nSPS) is 14.9. The van der Waals surface area contributed by atoms with E-state index in [4.69, 9.17) is 17.2 Å². The Morgan fingerprint density at radius 1 is 0.343 bits per heavy atom. The summed E-state index contributed by atoms with van der Waals surface area (Å²) in [5.41, 5.74) is 21.5. The van der Waals surface area contributed by atoms with Gasteiger partial charge < -0.3 is 142 Å². The fourth-order valence-corrected chi connectivity index (χ4v) is 15.5. The number of amides is 14. The molecular weight excluding hydrogens is 1800 g/mol. The molecule has 9 rings (SSSR count). The molecule has 0 unspecified atom stereocenters. The van der Waals surface area contributed by atoms with Crippen LogP contribution >= 0.6 is 12.6 Å². The Morgan fingerprint density at radius 3 is 0.934 bits per heavy atom. The molecule has 0 spiro atoms. The van der Waals surface area contributed by atoms with Crippen molar-refractivity contribution in [1.29, 1.82) is 0 Å². The number of nitrogens with two attached hydrogens (primary N) is 3. The number of aromatic hydroxyl groups is 1. The number of thiol groups is 1. The maximum absolute atomic E-state index is 15.6. The molecule has 0 aliphatic heterocycles. The maximum atomic E-state index is 15.6. The number of benzene rings is 5. The Balaban J connectivity index is 0.984. The minimum Gasteiger partial charge on any atom is -0.508 e. The first-order valence-electron chi connectivity index (χ1n) is 44.2. The third-order valence-corrected chi connectivity index (χ3v) is 22.9. The van der Waals surface area contributed by atoms with Crippen LogP contribution in [0.4, 0.5) is 0 Å². The summed E-state index contributed by atoms with van der Waals surface area (Å²) < 4.78 is 0. The number of phenolic OH excluding ortho intramolecular Hbond substituents is 1. The van der Waals surface area contributed by atoms with Crippen LogP contribution in [0.1, 0.15) is 113 Å². The molecule has 137 heavy (non-hydrogen) atoms. The number of carbonyl (C=O) groups is 17. The molecule has 5 aromatic carbocycles. The van der Waals surface area contributed by atoms with Gasteiger partial charge in [0.1, 0.15) is 78.3 Å². The topological polar surface area (TPSA) is 729 Å². The van der Waals surface area contributed by atoms with Crippen LogP contribution in [0, 0.1) is 0 Å². The zero-order valence-corrected chi connectivity index (χ0v) is 76.0. The lowest BCUT2D eigenvalue weighted by atomic mass is 10.00. The van der Waals surface area contributed by atoms with Gasteiger partial charge in [0.05, 0.1) is 30.8 Å². The van der Waals surface area contributed by atoms with Crippen molar-refractivity contribution in [1.82, 2.24) is 89.1 Å². The number of aromatic amines is 4. The second-order valence-electron chi connectivity index (χ2n) is 33.2. The van der Waals surface area contributed by atoms with Crippen molar-refractivity contribution >= 4 is 157 Å². The van der Waals surface area contributed by atoms with E-state index >= 15 is 24.0 Å². The molecule has 0 fully saturated rings. The van der Waals surface area contributed by atoms with E-state index in [1.165, 1.54) is 42.9 Å². The van der Waals surface area contributed by atoms with Gasteiger partial charge in [-0.25, -0.2) is 0 Å². The molecular formula is C92H116N20O24S. The van der Waals surface area contributed by atoms with E-state index < -0.39 is 268 Å². The molecule has 30 N–H and O–H groups in total. The molecule has 9 aromatic rings. The van der Waals surface area contributed by atoms with Crippen LogP contribution in [-0.2, 0) is 114 Å². The van der Waals surface area contributed by atoms with Crippen LogP contribution in [0.25, 0.3) is 43.6 Å². The number of para-hydroxylation sites is 4. The molecule has 0 aliphatic carbocycles. The zero-order valence-electron chi connectivity index (χ0n) is 75.1. The van der Waals surface area contributed by atoms with Gasteiger partial charge in [-0.2, -0.15) is 12.6 Å². The number of carbonyl (C=O) groups excluding carboxylic acids is 14. The van der Waals surface area contributed by atoms with E-state index in [1.807, 2.05) is 0 Å². The number of carboxylic acids is 3. The smallest absolute Gasteiger partial charge is 0.303 e. The van der Waals surface area contributed by atoms with Crippen molar-refractivity contribution in [2.24, 2.45) is 17.2 Å². The standard InChI is InChI=1S/C92H116N20O24S/c1-46(113)77(110-82(126)65(28-31-75(120)121)101-80(124)59(94)18-12-13-33-93)90(134)107-69(38-51-43-98-61-20-9-5-15-56(51)61)86(130)103-66(29-32-76(122)123)83(127)111-78(47(2)114)91(135)108-70(39-52-44-99-62-21-10-6-16-57(52)62)87(131)106-71(40-53-45-100-63-22-11-7-17-58(53)63)89(133)112-79(48(3)115)92(136)109-72(41-73(95)117)88(132)104-67(36-49-23-25-54(116)26-24-49)84(128)105-68(37-50-42-97-60-19-8-4-14-55(50)60)85(129)102-64(27-30-74(118)119)81(125)96-34-35-137/h4-11,14-17,19-26,42-48,59,64-72,77-79,97-100,113-116,137H,12-13,18,27-41,93-94H2,1-3H3,(H2,95,117)(H,96,125)(H,101,124)(H,102,129)(H,103,130)(H,104,132)(H,105,128)(H,106,131)(H,107,134)(H,108,135)(H,109,136)(H,110,126)(H,111,127)(H,112,133)(H,118,119)(H,120,121)(H,122,123)/t46-,47-,48-,59+,64+,65+,66+,67+,68+,69+,70+,71+,72+,77+,78+,79+/m1/s1. The van der Waals surface area contributed by atoms with Crippen LogP contribution in [0.2, 0.25) is 0 Å². The van der Waals surface area contributed by atoms with E-state index in [1.54, 1.807) is 103 Å². The minimum atomic E-state index is -2.12. The average molecular weight is 1920 g/mol. The van der Waals surface area contributed by atoms with Crippen molar-refractivity contribution < 1.29 is 117 Å². The summed E-state index contributed by atoms with van der Waals surface area (Å²) in [6.45, 7) is 3.53. The van der Waals surface area contributed by atoms with Crippen molar-refractivity contribution in [2.75, 3.05) is 18.8 Å². The first-order chi connectivity index (χ1) is 65.3. The summed E-state index contributed by atoms with van der Waals surface area (Å²) in [4.78, 5) is 252. The highest BCUT2D eigenvalue weighted by molar-refractivity contribution is 7.80. The number of aliphatic hydroxyl groups is 3. The first kappa shape index (κ1) is 106. The van der Waals surface area contributed by atoms with Gasteiger partial charge in [0.15, 0.2) is 0 Å². The Morgan fingerprint density at radius 2 is 0.620 bits per heavy atom. The van der Waals surface area contributed by atoms with Crippen LogP contribution in [0.5, 0.6) is 5.75 Å². The largest absolute Gasteiger partial charge is 0.508 e. The number of rotatable bonds is 55. The first-order valence-corrected chi connectivity index (χ1v) is 44.9. The molecule has 4 heterocycles. The summed E-state index contributed by atoms with van der Waals surface area (Å²) >= 11 is 4.12. The van der Waals surface area contributed by atoms with Crippen molar-refractivity contribution in [3.8, 4) is 5.75 Å². The minimum absolute atomic E-state index is 0.0262. The number of aliphatic hydroxyl groups excluding tert-OH is 3. The monoisotopic (exact) mass is 1920 g/mol. The summed E-state index contributed by atoms with van der Waals surface area (Å²) in [5.74, 6) is -20.4. The SMILES string of the molecule is C[C@@H](O)[C@H](NC(=O)[C@H](Cc1c[nH]c2ccccc12)NC(=O)[C@H](Cc1c[nH]c2ccccc12)NC(=O)[C@@H](NC(=O)[C@H](CCC(=O)O)NC(=O)[C@H](Cc1c[nH]c2ccccc12)NC(=O)[C@@H](NC(=O)[C@H](CCC(=O)O)NC(=O)[C@@H](N)CCCCN)[C@@H](C)O)[C@@H](C)O)C(=O)N[C@@H](CC(N)=O)C(=O)N[C@@H](Cc1ccc(O)cc1)C(=O)N[C@@H](Cc1c[nH]c2ccccc12)C(=O)N[C@@H](CCC(=O)O)C(=O)NCCS. The highest BCUT2D eigenvalue weighted by Gasteiger charge is 2.41. The van der Waals surface area contributed by atoms with Crippen molar-refractivity contribution in [3.63, 3.8) is 0 Å². The average Bonchev–Trinajstić information content (AvgIpc) is 1.69. The number of H-pyrrole nitrogens is 4. The number of carboxylic acid groups (broad SMARTS) is 3. The van der Waals surface area contributed by atoms with Crippen LogP contribution in [-0.4, -0.2) is 272 Å². The van der Waals surface area contributed by atoms with Gasteiger partial charge >= 0.3 is 17.9 Å². The maximum Gasteiger partial charge on any atom is 0.303 e. The lowest BCUT2D eigenvalue weighted by Gasteiger charge is -2.29. The molecule has 4 aromatic heterocycles. The number of nitrogens with one attached hydrogen (secondary N) is 17. The zero-order chi connectivity index (χ0) is 99.9. The molecule has 16 atom stereocenters. The third-order valence-electron chi connectivity index (χ3n) is 22.7. The molecule has 0 saturated carbocycles. The van der Waals surface area contributed by atoms with Gasteiger partial charge in [-0.3, -0.25) is 81.5 Å². The number of aliphatic carboxylic acids is 3. The predicted molar refractivity (Wildman–Crippen MR) is 500 cm³/mol. The molecule has 45 heteroatoms. The van der Waals surface area contributed by atoms with Crippen LogP contribution in [0.3, 0.4) is 0 Å². The molecule has 734 valence electrons. The molecule has 44 nitrogen and oxygen atoms in total. The summed E-state index contributed by atoms with van der Waals surface area (Å²) in [6.07, 6.45) is -5.32. The Kier molecular flexibility index (Phi) is 39.5. The van der Waals surface area contributed by atoms with Gasteiger partial charge in [0.25, 0.3) is 0 Å². The summed E-state index contributed by atoms with van der Waals surface area (Å²) in [7, 11) is 0. The van der Waals surface area contributed by atoms with Gasteiger partial charge in [0.2, 0.25) is 82.7 Å². The lowest BCUT2D eigenvalue weighted by molar-refractivity contribution is -0.140. The number of phenols is 1. The second kappa shape index (κ2) is 51.1. The molecule has 0 saturated heterocycles. The van der Waals surface area contributed by atoms with E-state index in [9.17, 15) is 93.3 Å². The van der Waals surface area contributed by atoms with Crippen molar-refractivity contribution in [2.45, 2.75) is 214 Å². The van der Waals surface area contributed by atoms with Crippen LogP contribution in [0.15, 0.2) is 146 Å². The van der Waals surface area contributed by atoms with Gasteiger partial charge in [-0.05, 0) is 124 Å². The summed E-state index contributed by atoms with van der Waals surface area (Å²) in [5, 5.41) is 108. The fraction of sp³-hybridized carbons (Fsp3) is 0.402. The quantitative estimate of drug-likeness (QED) is 0.0142. The Labute approximate surface area is 789 Å². The van der Waals surface area contributed by atoms with Gasteiger partial charge in [0, 0.05) is 132 Å². The fourth-order valence-electron chi connectivity index (χ4n) is 15.4. The number of aromatic nitrogens is 4. The predicted octanol–water partition coefficient (Wildman–Crippen LogP) is -2.24. The van der Waals surface area contributed by atoms with Gasteiger partial charge in [-0.15, -0.1) is 0 Å². The lowest BCUT2D eigenvalue weighted by Crippen LogP contribution is -2.63. The number of primary amides is 1. The molecule has 0 aliphatic rings. The van der Waals surface area contributed by atoms with Crippen molar-refractivity contribution in [3.05, 3.63) is 174 Å². The van der Waals surface area contributed by atoms with E-state index in [0.717, 1.165) is 20.8 Å². The Bertz CT molecular complexity index is 5800. The van der Waals surface area contributed by atoms with E-state index in [2.05, 4.69) is 102 Å². The number of hydrogen-bond acceptors (Lipinski definition) is 24. The number of unbranched alkanes of at least 4 members (excludes halogenated alkanes) is 1. The number of hydrogen-bond donors (Lipinski definition) is 28. The van der Waals surface area contributed by atoms with Crippen LogP contribution < -0.4 is 86.3 Å². The highest BCUT2D eigenvalue weighted by Crippen LogP contribution is 2.26. The van der Waals surface area contributed by atoms with Gasteiger partial charge in [-0.1, -0.05) is 91.3 Å². The van der Waals surface area contributed by atoms with E-state index in [-0.39, 0.29) is 36.5 Å². The Hall–Kier alpha value is -14.8. The molecule has 14 amide bonds. The highest BCUT2D eigenvalue weighted by atomic mass is 32.1.